The molecule has 1 N–H and O–H groups in total. The third-order valence-corrected chi connectivity index (χ3v) is 5.54. The number of carbonyl (C=O) groups is 1. The van der Waals surface area contributed by atoms with Crippen LogP contribution in [0, 0.1) is 0 Å². The lowest BCUT2D eigenvalue weighted by Crippen LogP contribution is -2.41. The van der Waals surface area contributed by atoms with Crippen molar-refractivity contribution in [3.63, 3.8) is 0 Å². The van der Waals surface area contributed by atoms with Gasteiger partial charge in [0.25, 0.3) is 0 Å². The van der Waals surface area contributed by atoms with Crippen LogP contribution < -0.4 is 15.5 Å². The molecule has 1 aromatic carbocycles. The average Bonchev–Trinajstić information content (AvgIpc) is 2.82. The Morgan fingerprint density at radius 3 is 2.37 bits per heavy atom. The smallest absolute Gasteiger partial charge is 0.494 e. The Bertz CT molecular complexity index is 629. The Kier molecular flexibility index (Phi) is 7.35. The van der Waals surface area contributed by atoms with E-state index in [1.165, 1.54) is 12.8 Å². The largest absolute Gasteiger partial charge is 0.496 e. The zero-order valence-electron chi connectivity index (χ0n) is 17.7. The zero-order valence-corrected chi connectivity index (χ0v) is 17.7. The standard InChI is InChI=1S/C21H34BNO4/c1-7-8-9-10-13-23-19(24)14-16-11-12-17(15-18(16)25-6)22-26-20(2,3)21(4,5)27-22/h11-12,15H,7-10,13-14H2,1-6H3,(H,23,24). The summed E-state index contributed by atoms with van der Waals surface area (Å²) in [5.41, 5.74) is 0.987. The molecular weight excluding hydrogens is 341 g/mol. The first-order valence-corrected chi connectivity index (χ1v) is 9.99. The summed E-state index contributed by atoms with van der Waals surface area (Å²) in [6, 6.07) is 5.79. The van der Waals surface area contributed by atoms with Gasteiger partial charge in [-0.25, -0.2) is 0 Å². The molecule has 1 saturated heterocycles. The van der Waals surface area contributed by atoms with Crippen LogP contribution in [0.5, 0.6) is 5.75 Å². The van der Waals surface area contributed by atoms with Gasteiger partial charge in [-0.05, 0) is 45.6 Å². The van der Waals surface area contributed by atoms with Gasteiger partial charge in [-0.15, -0.1) is 0 Å². The highest BCUT2D eigenvalue weighted by Crippen LogP contribution is 2.36. The second kappa shape index (κ2) is 9.11. The second-order valence-corrected chi connectivity index (χ2v) is 8.25. The van der Waals surface area contributed by atoms with E-state index in [2.05, 4.69) is 12.2 Å². The first-order valence-electron chi connectivity index (χ1n) is 9.99. The molecule has 150 valence electrons. The molecule has 1 heterocycles. The number of rotatable bonds is 9. The minimum absolute atomic E-state index is 0.0215. The first kappa shape index (κ1) is 21.8. The Labute approximate surface area is 164 Å². The Balaban J connectivity index is 1.99. The predicted octanol–water partition coefficient (Wildman–Crippen LogP) is 3.23. The highest BCUT2D eigenvalue weighted by molar-refractivity contribution is 6.62. The summed E-state index contributed by atoms with van der Waals surface area (Å²) in [6.07, 6.45) is 4.89. The van der Waals surface area contributed by atoms with Gasteiger partial charge < -0.3 is 19.4 Å². The molecule has 0 aromatic heterocycles. The molecule has 1 aliphatic rings. The number of hydrogen-bond donors (Lipinski definition) is 1. The number of amides is 1. The summed E-state index contributed by atoms with van der Waals surface area (Å²) in [6.45, 7) is 11.0. The van der Waals surface area contributed by atoms with Gasteiger partial charge in [-0.2, -0.15) is 0 Å². The number of nitrogens with one attached hydrogen (secondary N) is 1. The van der Waals surface area contributed by atoms with Crippen LogP contribution in [0.3, 0.4) is 0 Å². The Morgan fingerprint density at radius 2 is 1.78 bits per heavy atom. The van der Waals surface area contributed by atoms with Gasteiger partial charge in [0, 0.05) is 12.1 Å². The molecule has 1 amide bonds. The van der Waals surface area contributed by atoms with Crippen LogP contribution in [0.15, 0.2) is 18.2 Å². The number of benzene rings is 1. The van der Waals surface area contributed by atoms with Crippen LogP contribution in [-0.4, -0.2) is 37.9 Å². The third-order valence-electron chi connectivity index (χ3n) is 5.54. The normalized spacial score (nSPS) is 17.8. The monoisotopic (exact) mass is 375 g/mol. The summed E-state index contributed by atoms with van der Waals surface area (Å²) >= 11 is 0. The molecule has 0 spiro atoms. The van der Waals surface area contributed by atoms with Crippen LogP contribution >= 0.6 is 0 Å². The molecule has 0 saturated carbocycles. The van der Waals surface area contributed by atoms with E-state index in [0.29, 0.717) is 12.2 Å². The van der Waals surface area contributed by atoms with E-state index in [0.717, 1.165) is 30.4 Å². The molecule has 1 aromatic rings. The van der Waals surface area contributed by atoms with Crippen molar-refractivity contribution in [3.05, 3.63) is 23.8 Å². The molecule has 0 radical (unpaired) electrons. The van der Waals surface area contributed by atoms with E-state index in [1.54, 1.807) is 7.11 Å². The highest BCUT2D eigenvalue weighted by Gasteiger charge is 2.51. The maximum atomic E-state index is 12.2. The Morgan fingerprint density at radius 1 is 1.11 bits per heavy atom. The quantitative estimate of drug-likeness (QED) is 0.532. The van der Waals surface area contributed by atoms with Gasteiger partial charge in [-0.3, -0.25) is 4.79 Å². The minimum Gasteiger partial charge on any atom is -0.496 e. The van der Waals surface area contributed by atoms with Gasteiger partial charge in [0.1, 0.15) is 5.75 Å². The van der Waals surface area contributed by atoms with Crippen molar-refractivity contribution in [3.8, 4) is 5.75 Å². The summed E-state index contributed by atoms with van der Waals surface area (Å²) in [5, 5.41) is 2.99. The SMILES string of the molecule is CCCCCCNC(=O)Cc1ccc(B2OC(C)(C)C(C)(C)O2)cc1OC. The second-order valence-electron chi connectivity index (χ2n) is 8.25. The van der Waals surface area contributed by atoms with Crippen molar-refractivity contribution in [2.75, 3.05) is 13.7 Å². The number of hydrogen-bond acceptors (Lipinski definition) is 4. The van der Waals surface area contributed by atoms with Crippen molar-refractivity contribution in [1.82, 2.24) is 5.32 Å². The van der Waals surface area contributed by atoms with Crippen molar-refractivity contribution in [1.29, 1.82) is 0 Å². The minimum atomic E-state index is -0.439. The van der Waals surface area contributed by atoms with E-state index in [-0.39, 0.29) is 17.1 Å². The third kappa shape index (κ3) is 5.49. The van der Waals surface area contributed by atoms with Gasteiger partial charge in [0.05, 0.1) is 24.7 Å². The molecule has 0 atom stereocenters. The molecule has 27 heavy (non-hydrogen) atoms. The summed E-state index contributed by atoms with van der Waals surface area (Å²) in [7, 11) is 1.18. The number of carbonyl (C=O) groups excluding carboxylic acids is 1. The van der Waals surface area contributed by atoms with E-state index in [9.17, 15) is 4.79 Å². The van der Waals surface area contributed by atoms with E-state index in [1.807, 2.05) is 45.9 Å². The molecule has 5 nitrogen and oxygen atoms in total. The molecular formula is C21H34BNO4. The molecule has 0 unspecified atom stereocenters. The summed E-state index contributed by atoms with van der Waals surface area (Å²) in [4.78, 5) is 12.2. The number of ether oxygens (including phenoxy) is 1. The van der Waals surface area contributed by atoms with Crippen molar-refractivity contribution >= 4 is 18.5 Å². The highest BCUT2D eigenvalue weighted by atomic mass is 16.7. The first-order chi connectivity index (χ1) is 12.7. The number of methoxy groups -OCH3 is 1. The van der Waals surface area contributed by atoms with Crippen molar-refractivity contribution in [2.45, 2.75) is 77.9 Å². The number of unbranched alkanes of at least 4 members (excludes halogenated alkanes) is 3. The van der Waals surface area contributed by atoms with Gasteiger partial charge in [0.15, 0.2) is 0 Å². The average molecular weight is 375 g/mol. The van der Waals surface area contributed by atoms with Gasteiger partial charge >= 0.3 is 7.12 Å². The van der Waals surface area contributed by atoms with E-state index in [4.69, 9.17) is 14.0 Å². The van der Waals surface area contributed by atoms with Crippen LogP contribution in [0.4, 0.5) is 0 Å². The van der Waals surface area contributed by atoms with Crippen LogP contribution in [0.1, 0.15) is 65.9 Å². The Hall–Kier alpha value is -1.53. The van der Waals surface area contributed by atoms with Crippen LogP contribution in [0.2, 0.25) is 0 Å². The summed E-state index contributed by atoms with van der Waals surface area (Å²) < 4.78 is 17.7. The van der Waals surface area contributed by atoms with Gasteiger partial charge in [0.2, 0.25) is 5.91 Å². The zero-order chi connectivity index (χ0) is 20.1. The molecule has 2 rings (SSSR count). The lowest BCUT2D eigenvalue weighted by molar-refractivity contribution is -0.120. The van der Waals surface area contributed by atoms with E-state index >= 15 is 0 Å². The van der Waals surface area contributed by atoms with Crippen LogP contribution in [-0.2, 0) is 20.5 Å². The fourth-order valence-electron chi connectivity index (χ4n) is 3.05. The fourth-order valence-corrected chi connectivity index (χ4v) is 3.05. The topological polar surface area (TPSA) is 56.8 Å². The van der Waals surface area contributed by atoms with Crippen molar-refractivity contribution in [2.24, 2.45) is 0 Å². The maximum Gasteiger partial charge on any atom is 0.494 e. The fraction of sp³-hybridized carbons (Fsp3) is 0.667. The lowest BCUT2D eigenvalue weighted by Gasteiger charge is -2.32. The molecule has 0 aliphatic carbocycles. The summed E-state index contributed by atoms with van der Waals surface area (Å²) in [5.74, 6) is 0.705. The lowest BCUT2D eigenvalue weighted by atomic mass is 9.78. The molecule has 1 fully saturated rings. The van der Waals surface area contributed by atoms with Crippen molar-refractivity contribution < 1.29 is 18.8 Å². The predicted molar refractivity (Wildman–Crippen MR) is 110 cm³/mol. The van der Waals surface area contributed by atoms with Gasteiger partial charge in [-0.1, -0.05) is 38.3 Å². The molecule has 0 bridgehead atoms. The maximum absolute atomic E-state index is 12.2. The van der Waals surface area contributed by atoms with Crippen LogP contribution in [0.25, 0.3) is 0 Å². The molecule has 6 heteroatoms. The molecule has 1 aliphatic heterocycles. The van der Waals surface area contributed by atoms with E-state index < -0.39 is 7.12 Å².